The minimum atomic E-state index is -0.557. The number of hydrogen-bond donors (Lipinski definition) is 0. The van der Waals surface area contributed by atoms with Crippen molar-refractivity contribution in [1.82, 2.24) is 0 Å². The molecule has 0 unspecified atom stereocenters. The van der Waals surface area contributed by atoms with Gasteiger partial charge in [0.2, 0.25) is 0 Å². The first-order chi connectivity index (χ1) is 11.6. The van der Waals surface area contributed by atoms with E-state index in [4.69, 9.17) is 0 Å². The van der Waals surface area contributed by atoms with Gasteiger partial charge in [0, 0.05) is 0 Å². The standard InChI is InChI=1S/C22H30F2/c1-14-2-4-15(5-3-14)16-6-8-17(9-7-16)19-12-13-20(18-10-11-18)22(24)21(19)23/h12-18H,2-11H2,1H3. The van der Waals surface area contributed by atoms with Crippen molar-refractivity contribution < 1.29 is 8.78 Å². The van der Waals surface area contributed by atoms with Gasteiger partial charge in [0.05, 0.1) is 0 Å². The third-order valence-corrected chi connectivity index (χ3v) is 7.10. The predicted octanol–water partition coefficient (Wildman–Crippen LogP) is 6.94. The lowest BCUT2D eigenvalue weighted by atomic mass is 9.68. The Labute approximate surface area is 145 Å². The first-order valence-corrected chi connectivity index (χ1v) is 10.1. The summed E-state index contributed by atoms with van der Waals surface area (Å²) in [6.07, 6.45) is 12.0. The molecular weight excluding hydrogens is 302 g/mol. The van der Waals surface area contributed by atoms with Gasteiger partial charge in [0.15, 0.2) is 11.6 Å². The molecule has 0 atom stereocenters. The fourth-order valence-corrected chi connectivity index (χ4v) is 5.26. The van der Waals surface area contributed by atoms with E-state index in [9.17, 15) is 8.78 Å². The van der Waals surface area contributed by atoms with Crippen molar-refractivity contribution in [3.05, 3.63) is 34.9 Å². The zero-order chi connectivity index (χ0) is 16.7. The zero-order valence-corrected chi connectivity index (χ0v) is 14.9. The van der Waals surface area contributed by atoms with Gasteiger partial charge in [0.1, 0.15) is 0 Å². The van der Waals surface area contributed by atoms with Gasteiger partial charge in [-0.1, -0.05) is 31.9 Å². The average Bonchev–Trinajstić information content (AvgIpc) is 3.43. The molecule has 24 heavy (non-hydrogen) atoms. The quantitative estimate of drug-likeness (QED) is 0.562. The van der Waals surface area contributed by atoms with Crippen LogP contribution in [0.25, 0.3) is 0 Å². The molecule has 3 saturated carbocycles. The van der Waals surface area contributed by atoms with Crippen molar-refractivity contribution in [1.29, 1.82) is 0 Å². The van der Waals surface area contributed by atoms with Gasteiger partial charge in [-0.25, -0.2) is 8.78 Å². The lowest BCUT2D eigenvalue weighted by Crippen LogP contribution is -2.25. The Bertz CT molecular complexity index is 574. The number of rotatable bonds is 3. The lowest BCUT2D eigenvalue weighted by Gasteiger charge is -2.37. The molecule has 0 amide bonds. The Balaban J connectivity index is 1.40. The summed E-state index contributed by atoms with van der Waals surface area (Å²) in [6, 6.07) is 3.75. The smallest absolute Gasteiger partial charge is 0.162 e. The molecule has 0 aromatic heterocycles. The zero-order valence-electron chi connectivity index (χ0n) is 14.9. The van der Waals surface area contributed by atoms with Crippen LogP contribution in [0.4, 0.5) is 8.78 Å². The highest BCUT2D eigenvalue weighted by Gasteiger charge is 2.33. The summed E-state index contributed by atoms with van der Waals surface area (Å²) in [7, 11) is 0. The lowest BCUT2D eigenvalue weighted by molar-refractivity contribution is 0.164. The molecule has 0 spiro atoms. The summed E-state index contributed by atoms with van der Waals surface area (Å²) in [5, 5.41) is 0. The van der Waals surface area contributed by atoms with Crippen LogP contribution in [0, 0.1) is 29.4 Å². The van der Waals surface area contributed by atoms with Crippen LogP contribution in [0.3, 0.4) is 0 Å². The molecule has 0 bridgehead atoms. The van der Waals surface area contributed by atoms with Crippen LogP contribution < -0.4 is 0 Å². The van der Waals surface area contributed by atoms with E-state index in [0.29, 0.717) is 11.1 Å². The molecule has 3 aliphatic rings. The maximum absolute atomic E-state index is 14.6. The van der Waals surface area contributed by atoms with Crippen LogP contribution in [0.15, 0.2) is 12.1 Å². The van der Waals surface area contributed by atoms with Gasteiger partial charge in [-0.15, -0.1) is 0 Å². The predicted molar refractivity (Wildman–Crippen MR) is 94.2 cm³/mol. The number of benzene rings is 1. The highest BCUT2D eigenvalue weighted by Crippen LogP contribution is 2.46. The van der Waals surface area contributed by atoms with E-state index in [1.807, 2.05) is 12.1 Å². The van der Waals surface area contributed by atoms with Gasteiger partial charge in [-0.3, -0.25) is 0 Å². The van der Waals surface area contributed by atoms with Gasteiger partial charge < -0.3 is 0 Å². The minimum Gasteiger partial charge on any atom is -0.203 e. The largest absolute Gasteiger partial charge is 0.203 e. The van der Waals surface area contributed by atoms with Gasteiger partial charge >= 0.3 is 0 Å². The van der Waals surface area contributed by atoms with E-state index < -0.39 is 11.6 Å². The first kappa shape index (κ1) is 16.5. The summed E-state index contributed by atoms with van der Waals surface area (Å²) in [6.45, 7) is 2.37. The second kappa shape index (κ2) is 6.77. The Hall–Kier alpha value is -0.920. The molecule has 0 heterocycles. The van der Waals surface area contributed by atoms with E-state index in [1.165, 1.54) is 38.5 Å². The van der Waals surface area contributed by atoms with Crippen molar-refractivity contribution in [2.75, 3.05) is 0 Å². The van der Waals surface area contributed by atoms with Gasteiger partial charge in [-0.2, -0.15) is 0 Å². The number of hydrogen-bond acceptors (Lipinski definition) is 0. The molecule has 132 valence electrons. The summed E-state index contributed by atoms with van der Waals surface area (Å²) in [5.74, 6) is 2.02. The second-order valence-corrected chi connectivity index (χ2v) is 8.78. The molecule has 3 aliphatic carbocycles. The van der Waals surface area contributed by atoms with Gasteiger partial charge in [0.25, 0.3) is 0 Å². The van der Waals surface area contributed by atoms with Crippen molar-refractivity contribution in [2.24, 2.45) is 17.8 Å². The minimum absolute atomic E-state index is 0.228. The Morgan fingerprint density at radius 1 is 0.625 bits per heavy atom. The van der Waals surface area contributed by atoms with Crippen LogP contribution in [-0.4, -0.2) is 0 Å². The maximum Gasteiger partial charge on any atom is 0.162 e. The van der Waals surface area contributed by atoms with Crippen LogP contribution in [0.5, 0.6) is 0 Å². The molecule has 0 nitrogen and oxygen atoms in total. The second-order valence-electron chi connectivity index (χ2n) is 8.78. The topological polar surface area (TPSA) is 0 Å². The molecule has 0 aliphatic heterocycles. The summed E-state index contributed by atoms with van der Waals surface area (Å²) >= 11 is 0. The van der Waals surface area contributed by atoms with Crippen LogP contribution in [0.1, 0.15) is 94.1 Å². The van der Waals surface area contributed by atoms with E-state index >= 15 is 0 Å². The highest BCUT2D eigenvalue weighted by molar-refractivity contribution is 5.33. The average molecular weight is 332 g/mol. The molecule has 1 aromatic rings. The summed E-state index contributed by atoms with van der Waals surface area (Å²) < 4.78 is 28.9. The maximum atomic E-state index is 14.6. The normalized spacial score (nSPS) is 34.3. The Morgan fingerprint density at radius 3 is 1.42 bits per heavy atom. The Morgan fingerprint density at radius 2 is 1.00 bits per heavy atom. The van der Waals surface area contributed by atoms with Crippen molar-refractivity contribution in [3.8, 4) is 0 Å². The molecule has 3 fully saturated rings. The number of halogens is 2. The first-order valence-electron chi connectivity index (χ1n) is 10.1. The van der Waals surface area contributed by atoms with Gasteiger partial charge in [-0.05, 0) is 92.1 Å². The monoisotopic (exact) mass is 332 g/mol. The van der Waals surface area contributed by atoms with Crippen molar-refractivity contribution >= 4 is 0 Å². The van der Waals surface area contributed by atoms with E-state index in [0.717, 1.165) is 43.4 Å². The van der Waals surface area contributed by atoms with E-state index in [1.54, 1.807) is 0 Å². The molecule has 2 heteroatoms. The van der Waals surface area contributed by atoms with Crippen LogP contribution >= 0.6 is 0 Å². The van der Waals surface area contributed by atoms with Crippen molar-refractivity contribution in [2.45, 2.75) is 83.0 Å². The van der Waals surface area contributed by atoms with Crippen LogP contribution in [-0.2, 0) is 0 Å². The molecule has 0 radical (unpaired) electrons. The SMILES string of the molecule is CC1CCC(C2CCC(c3ccc(C4CC4)c(F)c3F)CC2)CC1. The van der Waals surface area contributed by atoms with E-state index in [-0.39, 0.29) is 11.8 Å². The highest BCUT2D eigenvalue weighted by atomic mass is 19.2. The Kier molecular flexibility index (Phi) is 4.66. The third-order valence-electron chi connectivity index (χ3n) is 7.10. The fraction of sp³-hybridized carbons (Fsp3) is 0.727. The van der Waals surface area contributed by atoms with Crippen LogP contribution in [0.2, 0.25) is 0 Å². The third kappa shape index (κ3) is 3.26. The molecular formula is C22H30F2. The fourth-order valence-electron chi connectivity index (χ4n) is 5.26. The molecule has 1 aromatic carbocycles. The summed E-state index contributed by atoms with van der Waals surface area (Å²) in [4.78, 5) is 0. The molecule has 0 saturated heterocycles. The van der Waals surface area contributed by atoms with Crippen molar-refractivity contribution in [3.63, 3.8) is 0 Å². The molecule has 4 rings (SSSR count). The summed E-state index contributed by atoms with van der Waals surface area (Å²) in [5.41, 5.74) is 1.26. The molecule has 0 N–H and O–H groups in total. The van der Waals surface area contributed by atoms with E-state index in [2.05, 4.69) is 6.92 Å².